The minimum Gasteiger partial charge on any atom is -0.493 e. The standard InChI is InChI=1S/C16H14BrFO/c17-9-11-5-14(18)8-15(6-11)19-10-13-7-12-3-1-2-4-16(12)13/h1-6,8,13H,7,9-10H2. The quantitative estimate of drug-likeness (QED) is 0.757. The monoisotopic (exact) mass is 320 g/mol. The molecule has 3 heteroatoms. The van der Waals surface area contributed by atoms with Gasteiger partial charge in [0.15, 0.2) is 0 Å². The van der Waals surface area contributed by atoms with Crippen LogP contribution in [0.1, 0.15) is 22.6 Å². The first-order chi connectivity index (χ1) is 9.26. The Kier molecular flexibility index (Phi) is 3.56. The fourth-order valence-electron chi connectivity index (χ4n) is 2.49. The molecule has 0 fully saturated rings. The van der Waals surface area contributed by atoms with Crippen LogP contribution in [-0.2, 0) is 11.8 Å². The van der Waals surface area contributed by atoms with E-state index < -0.39 is 0 Å². The van der Waals surface area contributed by atoms with Gasteiger partial charge in [0.25, 0.3) is 0 Å². The van der Waals surface area contributed by atoms with Gasteiger partial charge in [-0.15, -0.1) is 0 Å². The second-order valence-electron chi connectivity index (χ2n) is 4.84. The molecular weight excluding hydrogens is 307 g/mol. The Morgan fingerprint density at radius 1 is 1.21 bits per heavy atom. The lowest BCUT2D eigenvalue weighted by atomic mass is 9.78. The van der Waals surface area contributed by atoms with Crippen LogP contribution in [0.3, 0.4) is 0 Å². The van der Waals surface area contributed by atoms with Gasteiger partial charge in [-0.1, -0.05) is 40.2 Å². The van der Waals surface area contributed by atoms with E-state index in [0.29, 0.717) is 23.6 Å². The van der Waals surface area contributed by atoms with Crippen molar-refractivity contribution in [1.82, 2.24) is 0 Å². The van der Waals surface area contributed by atoms with Crippen LogP contribution < -0.4 is 4.74 Å². The van der Waals surface area contributed by atoms with E-state index in [0.717, 1.165) is 12.0 Å². The minimum atomic E-state index is -0.249. The van der Waals surface area contributed by atoms with Gasteiger partial charge in [0.2, 0.25) is 0 Å². The van der Waals surface area contributed by atoms with Crippen molar-refractivity contribution in [2.45, 2.75) is 17.7 Å². The van der Waals surface area contributed by atoms with Gasteiger partial charge < -0.3 is 4.74 Å². The molecular formula is C16H14BrFO. The first-order valence-electron chi connectivity index (χ1n) is 6.32. The van der Waals surface area contributed by atoms with Crippen molar-refractivity contribution in [2.24, 2.45) is 0 Å². The summed E-state index contributed by atoms with van der Waals surface area (Å²) in [7, 11) is 0. The SMILES string of the molecule is Fc1cc(CBr)cc(OCC2Cc3ccccc32)c1. The summed E-state index contributed by atoms with van der Waals surface area (Å²) in [6, 6.07) is 13.2. The molecule has 1 unspecified atom stereocenters. The number of alkyl halides is 1. The van der Waals surface area contributed by atoms with E-state index in [1.807, 2.05) is 6.07 Å². The molecule has 0 aromatic heterocycles. The Morgan fingerprint density at radius 3 is 2.84 bits per heavy atom. The number of rotatable bonds is 4. The summed E-state index contributed by atoms with van der Waals surface area (Å²) in [5.41, 5.74) is 3.65. The number of hydrogen-bond acceptors (Lipinski definition) is 1. The van der Waals surface area contributed by atoms with Crippen LogP contribution in [0.2, 0.25) is 0 Å². The van der Waals surface area contributed by atoms with Crippen LogP contribution in [0, 0.1) is 5.82 Å². The van der Waals surface area contributed by atoms with Crippen molar-refractivity contribution < 1.29 is 9.13 Å². The molecule has 0 saturated carbocycles. The van der Waals surface area contributed by atoms with Gasteiger partial charge in [-0.05, 0) is 35.2 Å². The average molecular weight is 321 g/mol. The summed E-state index contributed by atoms with van der Waals surface area (Å²) in [4.78, 5) is 0. The first kappa shape index (κ1) is 12.7. The Hall–Kier alpha value is -1.35. The molecule has 1 aliphatic rings. The highest BCUT2D eigenvalue weighted by atomic mass is 79.9. The third-order valence-electron chi connectivity index (χ3n) is 3.50. The maximum Gasteiger partial charge on any atom is 0.127 e. The highest BCUT2D eigenvalue weighted by Crippen LogP contribution is 2.35. The Morgan fingerprint density at radius 2 is 2.05 bits per heavy atom. The molecule has 19 heavy (non-hydrogen) atoms. The van der Waals surface area contributed by atoms with E-state index in [1.54, 1.807) is 0 Å². The fourth-order valence-corrected chi connectivity index (χ4v) is 2.81. The second kappa shape index (κ2) is 5.33. The predicted octanol–water partition coefficient (Wildman–Crippen LogP) is 4.44. The van der Waals surface area contributed by atoms with Gasteiger partial charge in [0.1, 0.15) is 11.6 Å². The third kappa shape index (κ3) is 2.66. The summed E-state index contributed by atoms with van der Waals surface area (Å²) < 4.78 is 19.1. The van der Waals surface area contributed by atoms with E-state index in [9.17, 15) is 4.39 Å². The number of halogens is 2. The van der Waals surface area contributed by atoms with Gasteiger partial charge in [-0.25, -0.2) is 4.39 Å². The predicted molar refractivity (Wildman–Crippen MR) is 77.4 cm³/mol. The zero-order chi connectivity index (χ0) is 13.2. The smallest absolute Gasteiger partial charge is 0.127 e. The van der Waals surface area contributed by atoms with Crippen molar-refractivity contribution in [1.29, 1.82) is 0 Å². The lowest BCUT2D eigenvalue weighted by molar-refractivity contribution is 0.274. The Bertz CT molecular complexity index is 597. The number of fused-ring (bicyclic) bond motifs is 1. The van der Waals surface area contributed by atoms with Crippen molar-refractivity contribution >= 4 is 15.9 Å². The van der Waals surface area contributed by atoms with Crippen LogP contribution in [0.15, 0.2) is 42.5 Å². The first-order valence-corrected chi connectivity index (χ1v) is 7.44. The molecule has 98 valence electrons. The van der Waals surface area contributed by atoms with Crippen molar-refractivity contribution in [3.05, 3.63) is 65.0 Å². The summed E-state index contributed by atoms with van der Waals surface area (Å²) in [5.74, 6) is 0.798. The summed E-state index contributed by atoms with van der Waals surface area (Å²) in [5, 5.41) is 0.632. The Labute approximate surface area is 120 Å². The molecule has 2 aromatic carbocycles. The van der Waals surface area contributed by atoms with Crippen LogP contribution in [-0.4, -0.2) is 6.61 Å². The van der Waals surface area contributed by atoms with E-state index >= 15 is 0 Å². The molecule has 0 N–H and O–H groups in total. The van der Waals surface area contributed by atoms with Crippen LogP contribution in [0.5, 0.6) is 5.75 Å². The molecule has 0 spiro atoms. The summed E-state index contributed by atoms with van der Waals surface area (Å²) in [6.45, 7) is 0.613. The highest BCUT2D eigenvalue weighted by molar-refractivity contribution is 9.08. The van der Waals surface area contributed by atoms with Gasteiger partial charge in [-0.2, -0.15) is 0 Å². The van der Waals surface area contributed by atoms with Gasteiger partial charge in [0.05, 0.1) is 6.61 Å². The lowest BCUT2D eigenvalue weighted by Crippen LogP contribution is -2.23. The van der Waals surface area contributed by atoms with Crippen molar-refractivity contribution in [2.75, 3.05) is 6.61 Å². The molecule has 0 radical (unpaired) electrons. The van der Waals surface area contributed by atoms with Crippen LogP contribution in [0.25, 0.3) is 0 Å². The number of ether oxygens (including phenoxy) is 1. The normalized spacial score (nSPS) is 16.6. The molecule has 1 nitrogen and oxygen atoms in total. The van der Waals surface area contributed by atoms with Crippen molar-refractivity contribution in [3.8, 4) is 5.75 Å². The maximum absolute atomic E-state index is 13.4. The number of benzene rings is 2. The van der Waals surface area contributed by atoms with Gasteiger partial charge in [0, 0.05) is 17.3 Å². The van der Waals surface area contributed by atoms with Crippen LogP contribution in [0.4, 0.5) is 4.39 Å². The molecule has 0 amide bonds. The molecule has 2 aromatic rings. The van der Waals surface area contributed by atoms with Crippen LogP contribution >= 0.6 is 15.9 Å². The number of hydrogen-bond donors (Lipinski definition) is 0. The fraction of sp³-hybridized carbons (Fsp3) is 0.250. The summed E-state index contributed by atoms with van der Waals surface area (Å²) in [6.07, 6.45) is 1.05. The van der Waals surface area contributed by atoms with E-state index in [4.69, 9.17) is 4.74 Å². The van der Waals surface area contributed by atoms with E-state index in [1.165, 1.54) is 23.3 Å². The molecule has 0 bridgehead atoms. The summed E-state index contributed by atoms with van der Waals surface area (Å²) >= 11 is 3.33. The minimum absolute atomic E-state index is 0.249. The molecule has 0 aliphatic heterocycles. The zero-order valence-electron chi connectivity index (χ0n) is 10.4. The highest BCUT2D eigenvalue weighted by Gasteiger charge is 2.25. The molecule has 0 saturated heterocycles. The average Bonchev–Trinajstić information content (AvgIpc) is 2.39. The second-order valence-corrected chi connectivity index (χ2v) is 5.40. The molecule has 1 atom stereocenters. The van der Waals surface area contributed by atoms with Gasteiger partial charge >= 0.3 is 0 Å². The maximum atomic E-state index is 13.4. The molecule has 0 heterocycles. The largest absolute Gasteiger partial charge is 0.493 e. The van der Waals surface area contributed by atoms with Crippen molar-refractivity contribution in [3.63, 3.8) is 0 Å². The molecule has 1 aliphatic carbocycles. The Balaban J connectivity index is 1.66. The topological polar surface area (TPSA) is 9.23 Å². The van der Waals surface area contributed by atoms with E-state index in [-0.39, 0.29) is 5.82 Å². The zero-order valence-corrected chi connectivity index (χ0v) is 12.0. The lowest BCUT2D eigenvalue weighted by Gasteiger charge is -2.29. The molecule has 3 rings (SSSR count). The third-order valence-corrected chi connectivity index (χ3v) is 4.15. The van der Waals surface area contributed by atoms with E-state index in [2.05, 4.69) is 40.2 Å². The van der Waals surface area contributed by atoms with Gasteiger partial charge in [-0.3, -0.25) is 0 Å².